The fraction of sp³-hybridized carbons (Fsp3) is 0.167. The lowest BCUT2D eigenvalue weighted by Crippen LogP contribution is -1.98. The molecule has 0 saturated carbocycles. The van der Waals surface area contributed by atoms with Crippen molar-refractivity contribution in [1.29, 1.82) is 0 Å². The predicted molar refractivity (Wildman–Crippen MR) is 71.5 cm³/mol. The minimum absolute atomic E-state index is 0.407. The van der Waals surface area contributed by atoms with Crippen molar-refractivity contribution >= 4 is 34.7 Å². The standard InChI is InChI=1S/C12H11ClOS2/c13-10-2-1-3-11(6-10)16-8-12(14)9-4-5-15-7-9/h1-7,12,14H,8H2. The van der Waals surface area contributed by atoms with E-state index >= 15 is 0 Å². The second-order valence-electron chi connectivity index (χ2n) is 3.34. The molecule has 1 nitrogen and oxygen atoms in total. The fourth-order valence-corrected chi connectivity index (χ4v) is 3.18. The largest absolute Gasteiger partial charge is 0.388 e. The molecule has 0 aliphatic heterocycles. The van der Waals surface area contributed by atoms with E-state index in [9.17, 15) is 5.11 Å². The van der Waals surface area contributed by atoms with E-state index < -0.39 is 6.10 Å². The third-order valence-corrected chi connectivity index (χ3v) is 4.14. The van der Waals surface area contributed by atoms with Gasteiger partial charge in [-0.25, -0.2) is 0 Å². The molecule has 2 rings (SSSR count). The van der Waals surface area contributed by atoms with Crippen LogP contribution in [0.4, 0.5) is 0 Å². The maximum Gasteiger partial charge on any atom is 0.0891 e. The lowest BCUT2D eigenvalue weighted by molar-refractivity contribution is 0.204. The molecule has 1 atom stereocenters. The summed E-state index contributed by atoms with van der Waals surface area (Å²) in [6.07, 6.45) is -0.407. The average Bonchev–Trinajstić information content (AvgIpc) is 2.79. The number of thioether (sulfide) groups is 1. The number of aliphatic hydroxyl groups is 1. The molecule has 84 valence electrons. The van der Waals surface area contributed by atoms with E-state index in [-0.39, 0.29) is 0 Å². The molecular weight excluding hydrogens is 260 g/mol. The molecule has 1 heterocycles. The summed E-state index contributed by atoms with van der Waals surface area (Å²) < 4.78 is 0. The van der Waals surface area contributed by atoms with Crippen LogP contribution >= 0.6 is 34.7 Å². The van der Waals surface area contributed by atoms with Gasteiger partial charge in [0.15, 0.2) is 0 Å². The molecule has 0 radical (unpaired) electrons. The Labute approximate surface area is 108 Å². The normalized spacial score (nSPS) is 12.6. The number of benzene rings is 1. The minimum Gasteiger partial charge on any atom is -0.388 e. The van der Waals surface area contributed by atoms with Gasteiger partial charge in [-0.1, -0.05) is 17.7 Å². The molecule has 0 aliphatic carbocycles. The molecule has 1 unspecified atom stereocenters. The molecule has 4 heteroatoms. The number of hydrogen-bond acceptors (Lipinski definition) is 3. The number of thiophene rings is 1. The highest BCUT2D eigenvalue weighted by Gasteiger charge is 2.08. The monoisotopic (exact) mass is 270 g/mol. The van der Waals surface area contributed by atoms with E-state index in [2.05, 4.69) is 0 Å². The predicted octanol–water partition coefficient (Wildman–Crippen LogP) is 4.23. The van der Waals surface area contributed by atoms with Crippen LogP contribution in [0.25, 0.3) is 0 Å². The van der Waals surface area contributed by atoms with Gasteiger partial charge in [-0.05, 0) is 40.6 Å². The van der Waals surface area contributed by atoms with Crippen molar-refractivity contribution in [3.05, 3.63) is 51.7 Å². The van der Waals surface area contributed by atoms with Crippen molar-refractivity contribution in [2.24, 2.45) is 0 Å². The van der Waals surface area contributed by atoms with Crippen LogP contribution in [-0.4, -0.2) is 10.9 Å². The summed E-state index contributed by atoms with van der Waals surface area (Å²) in [6, 6.07) is 9.62. The van der Waals surface area contributed by atoms with Gasteiger partial charge in [0.2, 0.25) is 0 Å². The first-order valence-electron chi connectivity index (χ1n) is 4.84. The number of aliphatic hydroxyl groups excluding tert-OH is 1. The third kappa shape index (κ3) is 3.25. The van der Waals surface area contributed by atoms with Crippen molar-refractivity contribution in [1.82, 2.24) is 0 Å². The van der Waals surface area contributed by atoms with Crippen molar-refractivity contribution in [2.75, 3.05) is 5.75 Å². The van der Waals surface area contributed by atoms with Crippen LogP contribution in [0.2, 0.25) is 5.02 Å². The van der Waals surface area contributed by atoms with Crippen LogP contribution in [-0.2, 0) is 0 Å². The first-order chi connectivity index (χ1) is 7.75. The molecule has 0 bridgehead atoms. The molecule has 0 spiro atoms. The second kappa shape index (κ2) is 5.73. The maximum atomic E-state index is 9.89. The van der Waals surface area contributed by atoms with Crippen molar-refractivity contribution in [3.63, 3.8) is 0 Å². The highest BCUT2D eigenvalue weighted by atomic mass is 35.5. The van der Waals surface area contributed by atoms with E-state index in [1.165, 1.54) is 0 Å². The molecule has 0 aliphatic rings. The molecule has 0 amide bonds. The number of hydrogen-bond donors (Lipinski definition) is 1. The molecule has 1 aromatic carbocycles. The Bertz CT molecular complexity index is 442. The quantitative estimate of drug-likeness (QED) is 0.839. The first kappa shape index (κ1) is 12.0. The Hall–Kier alpha value is -0.480. The Morgan fingerprint density at radius 2 is 2.25 bits per heavy atom. The van der Waals surface area contributed by atoms with Crippen LogP contribution < -0.4 is 0 Å². The SMILES string of the molecule is OC(CSc1cccc(Cl)c1)c1ccsc1. The third-order valence-electron chi connectivity index (χ3n) is 2.13. The molecule has 0 saturated heterocycles. The van der Waals surface area contributed by atoms with Crippen LogP contribution in [0.3, 0.4) is 0 Å². The molecule has 16 heavy (non-hydrogen) atoms. The summed E-state index contributed by atoms with van der Waals surface area (Å²) in [5, 5.41) is 14.6. The zero-order chi connectivity index (χ0) is 11.4. The summed E-state index contributed by atoms with van der Waals surface area (Å²) in [5.74, 6) is 0.650. The Morgan fingerprint density at radius 1 is 1.38 bits per heavy atom. The van der Waals surface area contributed by atoms with Gasteiger partial charge in [-0.3, -0.25) is 0 Å². The Balaban J connectivity index is 1.92. The molecule has 1 aromatic heterocycles. The topological polar surface area (TPSA) is 20.2 Å². The van der Waals surface area contributed by atoms with Crippen molar-refractivity contribution in [3.8, 4) is 0 Å². The zero-order valence-electron chi connectivity index (χ0n) is 8.47. The summed E-state index contributed by atoms with van der Waals surface area (Å²) in [4.78, 5) is 1.08. The lowest BCUT2D eigenvalue weighted by Gasteiger charge is -2.08. The smallest absolute Gasteiger partial charge is 0.0891 e. The van der Waals surface area contributed by atoms with Gasteiger partial charge in [0.25, 0.3) is 0 Å². The Morgan fingerprint density at radius 3 is 2.94 bits per heavy atom. The highest BCUT2D eigenvalue weighted by Crippen LogP contribution is 2.27. The first-order valence-corrected chi connectivity index (χ1v) is 7.15. The van der Waals surface area contributed by atoms with E-state index in [0.29, 0.717) is 5.75 Å². The maximum absolute atomic E-state index is 9.89. The van der Waals surface area contributed by atoms with Crippen LogP contribution in [0.5, 0.6) is 0 Å². The summed E-state index contributed by atoms with van der Waals surface area (Å²) in [7, 11) is 0. The van der Waals surface area contributed by atoms with Gasteiger partial charge in [-0.15, -0.1) is 11.8 Å². The van der Waals surface area contributed by atoms with E-state index in [0.717, 1.165) is 15.5 Å². The van der Waals surface area contributed by atoms with Crippen molar-refractivity contribution < 1.29 is 5.11 Å². The molecular formula is C12H11ClOS2. The number of rotatable bonds is 4. The zero-order valence-corrected chi connectivity index (χ0v) is 10.9. The second-order valence-corrected chi connectivity index (χ2v) is 5.65. The number of halogens is 1. The summed E-state index contributed by atoms with van der Waals surface area (Å²) in [5.41, 5.74) is 0.986. The summed E-state index contributed by atoms with van der Waals surface area (Å²) >= 11 is 9.10. The van der Waals surface area contributed by atoms with Crippen LogP contribution in [0, 0.1) is 0 Å². The van der Waals surface area contributed by atoms with Gasteiger partial charge in [0.1, 0.15) is 0 Å². The Kier molecular flexibility index (Phi) is 4.29. The van der Waals surface area contributed by atoms with Gasteiger partial charge < -0.3 is 5.11 Å². The molecule has 2 aromatic rings. The van der Waals surface area contributed by atoms with Gasteiger partial charge >= 0.3 is 0 Å². The summed E-state index contributed by atoms with van der Waals surface area (Å²) in [6.45, 7) is 0. The highest BCUT2D eigenvalue weighted by molar-refractivity contribution is 7.99. The van der Waals surface area contributed by atoms with Gasteiger partial charge in [-0.2, -0.15) is 11.3 Å². The van der Waals surface area contributed by atoms with E-state index in [4.69, 9.17) is 11.6 Å². The van der Waals surface area contributed by atoms with Crippen LogP contribution in [0.15, 0.2) is 46.0 Å². The average molecular weight is 271 g/mol. The van der Waals surface area contributed by atoms with Crippen molar-refractivity contribution in [2.45, 2.75) is 11.0 Å². The minimum atomic E-state index is -0.407. The fourth-order valence-electron chi connectivity index (χ4n) is 1.29. The molecule has 0 fully saturated rings. The van der Waals surface area contributed by atoms with Crippen LogP contribution in [0.1, 0.15) is 11.7 Å². The molecule has 1 N–H and O–H groups in total. The van der Waals surface area contributed by atoms with E-state index in [1.54, 1.807) is 23.1 Å². The van der Waals surface area contributed by atoms with Gasteiger partial charge in [0.05, 0.1) is 6.10 Å². The lowest BCUT2D eigenvalue weighted by atomic mass is 10.2. The van der Waals surface area contributed by atoms with E-state index in [1.807, 2.05) is 41.1 Å². The van der Waals surface area contributed by atoms with Gasteiger partial charge in [0, 0.05) is 15.7 Å².